The van der Waals surface area contributed by atoms with Crippen LogP contribution in [0.5, 0.6) is 5.75 Å². The first kappa shape index (κ1) is 13.5. The summed E-state index contributed by atoms with van der Waals surface area (Å²) in [7, 11) is 1.89. The number of phenolic OH excluding ortho intramolecular Hbond substituents is 1. The van der Waals surface area contributed by atoms with Gasteiger partial charge >= 0.3 is 0 Å². The molecule has 4 heteroatoms. The van der Waals surface area contributed by atoms with E-state index in [-0.39, 0.29) is 11.7 Å². The summed E-state index contributed by atoms with van der Waals surface area (Å²) in [6.07, 6.45) is 0. The van der Waals surface area contributed by atoms with Crippen LogP contribution < -0.4 is 10.6 Å². The predicted octanol–water partition coefficient (Wildman–Crippen LogP) is 1.29. The molecule has 0 radical (unpaired) electrons. The number of carbonyl (C=O) groups excluding carboxylic acids is 1. The van der Waals surface area contributed by atoms with Gasteiger partial charge in [-0.25, -0.2) is 0 Å². The van der Waals surface area contributed by atoms with Gasteiger partial charge in [-0.3, -0.25) is 4.79 Å². The highest BCUT2D eigenvalue weighted by Gasteiger charge is 2.08. The van der Waals surface area contributed by atoms with E-state index in [1.54, 1.807) is 19.1 Å². The van der Waals surface area contributed by atoms with Crippen molar-refractivity contribution in [2.24, 2.45) is 5.92 Å². The Labute approximate surface area is 102 Å². The fourth-order valence-electron chi connectivity index (χ4n) is 1.54. The highest BCUT2D eigenvalue weighted by Crippen LogP contribution is 2.17. The highest BCUT2D eigenvalue weighted by atomic mass is 16.3. The van der Waals surface area contributed by atoms with Gasteiger partial charge in [0.05, 0.1) is 0 Å². The third-order valence-corrected chi connectivity index (χ3v) is 2.63. The number of phenols is 1. The van der Waals surface area contributed by atoms with E-state index >= 15 is 0 Å². The number of carbonyl (C=O) groups is 1. The van der Waals surface area contributed by atoms with Crippen molar-refractivity contribution in [3.05, 3.63) is 29.3 Å². The minimum atomic E-state index is -0.150. The fraction of sp³-hybridized carbons (Fsp3) is 0.462. The fourth-order valence-corrected chi connectivity index (χ4v) is 1.54. The molecule has 1 rings (SSSR count). The summed E-state index contributed by atoms with van der Waals surface area (Å²) in [6.45, 7) is 5.34. The number of hydrogen-bond donors (Lipinski definition) is 3. The van der Waals surface area contributed by atoms with Crippen LogP contribution in [-0.4, -0.2) is 31.2 Å². The van der Waals surface area contributed by atoms with Gasteiger partial charge in [-0.2, -0.15) is 0 Å². The number of rotatable bonds is 5. The average Bonchev–Trinajstić information content (AvgIpc) is 2.30. The van der Waals surface area contributed by atoms with E-state index in [1.165, 1.54) is 6.07 Å². The zero-order valence-corrected chi connectivity index (χ0v) is 10.6. The summed E-state index contributed by atoms with van der Waals surface area (Å²) >= 11 is 0. The Balaban J connectivity index is 2.55. The SMILES string of the molecule is CNCC(C)CNC(=O)c1ccc(C)c(O)c1. The third-order valence-electron chi connectivity index (χ3n) is 2.63. The lowest BCUT2D eigenvalue weighted by Crippen LogP contribution is -2.32. The minimum absolute atomic E-state index is 0.150. The van der Waals surface area contributed by atoms with Crippen molar-refractivity contribution in [2.45, 2.75) is 13.8 Å². The summed E-state index contributed by atoms with van der Waals surface area (Å²) in [6, 6.07) is 4.95. The van der Waals surface area contributed by atoms with Gasteiger partial charge in [0.25, 0.3) is 5.91 Å². The number of aromatic hydroxyl groups is 1. The molecule has 1 aromatic carbocycles. The van der Waals surface area contributed by atoms with Crippen molar-refractivity contribution in [2.75, 3.05) is 20.1 Å². The molecule has 0 aliphatic carbocycles. The Morgan fingerprint density at radius 2 is 2.12 bits per heavy atom. The lowest BCUT2D eigenvalue weighted by atomic mass is 10.1. The molecule has 0 heterocycles. The molecule has 1 aromatic rings. The first-order chi connectivity index (χ1) is 8.04. The molecule has 0 aliphatic heterocycles. The molecule has 0 spiro atoms. The maximum atomic E-state index is 11.8. The van der Waals surface area contributed by atoms with Crippen molar-refractivity contribution in [1.29, 1.82) is 0 Å². The molecule has 17 heavy (non-hydrogen) atoms. The third kappa shape index (κ3) is 4.07. The monoisotopic (exact) mass is 236 g/mol. The molecular weight excluding hydrogens is 216 g/mol. The van der Waals surface area contributed by atoms with Crippen LogP contribution in [0.15, 0.2) is 18.2 Å². The van der Waals surface area contributed by atoms with Gasteiger partial charge in [-0.1, -0.05) is 13.0 Å². The smallest absolute Gasteiger partial charge is 0.251 e. The molecule has 0 fully saturated rings. The summed E-state index contributed by atoms with van der Waals surface area (Å²) < 4.78 is 0. The molecule has 94 valence electrons. The second-order valence-electron chi connectivity index (χ2n) is 4.37. The van der Waals surface area contributed by atoms with Crippen molar-refractivity contribution in [3.8, 4) is 5.75 Å². The second kappa shape index (κ2) is 6.25. The molecule has 1 atom stereocenters. The van der Waals surface area contributed by atoms with Crippen LogP contribution >= 0.6 is 0 Å². The zero-order chi connectivity index (χ0) is 12.8. The summed E-state index contributed by atoms with van der Waals surface area (Å²) in [5.41, 5.74) is 1.26. The maximum absolute atomic E-state index is 11.8. The van der Waals surface area contributed by atoms with Crippen molar-refractivity contribution >= 4 is 5.91 Å². The van der Waals surface area contributed by atoms with Crippen LogP contribution in [0.3, 0.4) is 0 Å². The average molecular weight is 236 g/mol. The van der Waals surface area contributed by atoms with E-state index in [4.69, 9.17) is 0 Å². The number of benzene rings is 1. The van der Waals surface area contributed by atoms with Crippen LogP contribution in [-0.2, 0) is 0 Å². The quantitative estimate of drug-likeness (QED) is 0.722. The standard InChI is InChI=1S/C13H20N2O2/c1-9(7-14-3)8-15-13(17)11-5-4-10(2)12(16)6-11/h4-6,9,14,16H,7-8H2,1-3H3,(H,15,17). The Bertz CT molecular complexity index is 391. The van der Waals surface area contributed by atoms with Crippen LogP contribution in [0.25, 0.3) is 0 Å². The van der Waals surface area contributed by atoms with Crippen LogP contribution in [0.1, 0.15) is 22.8 Å². The van der Waals surface area contributed by atoms with E-state index in [2.05, 4.69) is 17.6 Å². The lowest BCUT2D eigenvalue weighted by Gasteiger charge is -2.12. The molecule has 0 aliphatic rings. The molecule has 4 nitrogen and oxygen atoms in total. The summed E-state index contributed by atoms with van der Waals surface area (Å²) in [4.78, 5) is 11.8. The first-order valence-corrected chi connectivity index (χ1v) is 5.77. The maximum Gasteiger partial charge on any atom is 0.251 e. The van der Waals surface area contributed by atoms with Gasteiger partial charge in [0, 0.05) is 12.1 Å². The zero-order valence-electron chi connectivity index (χ0n) is 10.6. The molecule has 0 aromatic heterocycles. The van der Waals surface area contributed by atoms with Crippen molar-refractivity contribution in [1.82, 2.24) is 10.6 Å². The molecular formula is C13H20N2O2. The highest BCUT2D eigenvalue weighted by molar-refractivity contribution is 5.94. The number of hydrogen-bond acceptors (Lipinski definition) is 3. The Morgan fingerprint density at radius 1 is 1.41 bits per heavy atom. The van der Waals surface area contributed by atoms with Gasteiger partial charge in [0.2, 0.25) is 0 Å². The Morgan fingerprint density at radius 3 is 2.71 bits per heavy atom. The van der Waals surface area contributed by atoms with Gasteiger partial charge in [0.15, 0.2) is 0 Å². The molecule has 1 amide bonds. The van der Waals surface area contributed by atoms with Crippen molar-refractivity contribution < 1.29 is 9.90 Å². The van der Waals surface area contributed by atoms with Gasteiger partial charge in [0.1, 0.15) is 5.75 Å². The first-order valence-electron chi connectivity index (χ1n) is 5.77. The van der Waals surface area contributed by atoms with Crippen LogP contribution in [0.2, 0.25) is 0 Å². The molecule has 0 bridgehead atoms. The van der Waals surface area contributed by atoms with Gasteiger partial charge in [-0.05, 0) is 44.1 Å². The summed E-state index contributed by atoms with van der Waals surface area (Å²) in [5.74, 6) is 0.382. The van der Waals surface area contributed by atoms with E-state index in [9.17, 15) is 9.90 Å². The van der Waals surface area contributed by atoms with Gasteiger partial charge in [-0.15, -0.1) is 0 Å². The largest absolute Gasteiger partial charge is 0.508 e. The van der Waals surface area contributed by atoms with Gasteiger partial charge < -0.3 is 15.7 Å². The Hall–Kier alpha value is -1.55. The van der Waals surface area contributed by atoms with E-state index in [0.717, 1.165) is 12.1 Å². The molecule has 3 N–H and O–H groups in total. The minimum Gasteiger partial charge on any atom is -0.508 e. The van der Waals surface area contributed by atoms with Crippen molar-refractivity contribution in [3.63, 3.8) is 0 Å². The van der Waals surface area contributed by atoms with Crippen LogP contribution in [0.4, 0.5) is 0 Å². The number of aryl methyl sites for hydroxylation is 1. The molecule has 1 unspecified atom stereocenters. The van der Waals surface area contributed by atoms with Crippen LogP contribution in [0, 0.1) is 12.8 Å². The Kier molecular flexibility index (Phi) is 4.97. The van der Waals surface area contributed by atoms with E-state index < -0.39 is 0 Å². The van der Waals surface area contributed by atoms with E-state index in [1.807, 2.05) is 7.05 Å². The number of nitrogens with one attached hydrogen (secondary N) is 2. The lowest BCUT2D eigenvalue weighted by molar-refractivity contribution is 0.0947. The molecule has 0 saturated carbocycles. The molecule has 0 saturated heterocycles. The van der Waals surface area contributed by atoms with E-state index in [0.29, 0.717) is 18.0 Å². The predicted molar refractivity (Wildman–Crippen MR) is 68.3 cm³/mol. The topological polar surface area (TPSA) is 61.4 Å². The summed E-state index contributed by atoms with van der Waals surface area (Å²) in [5, 5.41) is 15.4. The normalized spacial score (nSPS) is 12.2. The second-order valence-corrected chi connectivity index (χ2v) is 4.37. The number of amides is 1.